The number of carboxylic acids is 1. The Labute approximate surface area is 411 Å². The summed E-state index contributed by atoms with van der Waals surface area (Å²) in [5.74, 6) is -2.31. The number of rotatable bonds is 49. The van der Waals surface area contributed by atoms with Gasteiger partial charge in [-0.2, -0.15) is 0 Å². The normalized spacial score (nSPS) is 13.4. The van der Waals surface area contributed by atoms with Crippen LogP contribution in [0.4, 0.5) is 0 Å². The molecule has 0 heterocycles. The molecule has 0 aliphatic rings. The molecular formula is C58H101NO8. The van der Waals surface area contributed by atoms with E-state index in [4.69, 9.17) is 18.9 Å². The molecule has 0 rings (SSSR count). The number of hydrogen-bond acceptors (Lipinski definition) is 8. The van der Waals surface area contributed by atoms with E-state index in [1.54, 1.807) is 0 Å². The van der Waals surface area contributed by atoms with E-state index in [2.05, 4.69) is 86.8 Å². The Morgan fingerprint density at radius 3 is 1.27 bits per heavy atom. The van der Waals surface area contributed by atoms with Crippen LogP contribution >= 0.6 is 0 Å². The number of likely N-dealkylation sites (N-methyl/N-ethyl adjacent to an activating group) is 1. The Balaban J connectivity index is 4.27. The first-order valence-corrected chi connectivity index (χ1v) is 27.1. The monoisotopic (exact) mass is 940 g/mol. The summed E-state index contributed by atoms with van der Waals surface area (Å²) in [6, 6.07) is 0. The molecule has 0 amide bonds. The van der Waals surface area contributed by atoms with Gasteiger partial charge in [-0.25, -0.2) is 0 Å². The molecule has 0 radical (unpaired) electrons. The molecule has 2 unspecified atom stereocenters. The first-order chi connectivity index (χ1) is 32.6. The zero-order valence-electron chi connectivity index (χ0n) is 43.8. The Morgan fingerprint density at radius 1 is 0.463 bits per heavy atom. The molecule has 386 valence electrons. The summed E-state index contributed by atoms with van der Waals surface area (Å²) in [5, 5.41) is 11.7. The van der Waals surface area contributed by atoms with E-state index in [0.717, 1.165) is 89.9 Å². The number of nitrogens with zero attached hydrogens (tertiary/aromatic N) is 1. The van der Waals surface area contributed by atoms with E-state index in [0.29, 0.717) is 17.4 Å². The van der Waals surface area contributed by atoms with Crippen LogP contribution in [0.25, 0.3) is 0 Å². The van der Waals surface area contributed by atoms with Crippen LogP contribution in [0.2, 0.25) is 0 Å². The van der Waals surface area contributed by atoms with Gasteiger partial charge in [0.15, 0.2) is 12.4 Å². The Hall–Kier alpha value is -3.27. The molecular weight excluding hydrogens is 839 g/mol. The number of ether oxygens (including phenoxy) is 4. The minimum atomic E-state index is -1.63. The molecule has 0 aromatic rings. The molecule has 0 aliphatic heterocycles. The highest BCUT2D eigenvalue weighted by Gasteiger charge is 2.22. The van der Waals surface area contributed by atoms with Crippen molar-refractivity contribution >= 4 is 17.9 Å². The Bertz CT molecular complexity index is 1330. The summed E-state index contributed by atoms with van der Waals surface area (Å²) in [6.45, 7) is 4.60. The topological polar surface area (TPSA) is 111 Å². The number of quaternary nitrogens is 1. The summed E-state index contributed by atoms with van der Waals surface area (Å²) in [7, 11) is 5.91. The largest absolute Gasteiger partial charge is 0.545 e. The van der Waals surface area contributed by atoms with Crippen LogP contribution in [-0.2, 0) is 33.3 Å². The van der Waals surface area contributed by atoms with Crippen LogP contribution < -0.4 is 5.11 Å². The highest BCUT2D eigenvalue weighted by atomic mass is 16.7. The van der Waals surface area contributed by atoms with Crippen LogP contribution in [0.15, 0.2) is 72.9 Å². The molecule has 67 heavy (non-hydrogen) atoms. The molecule has 0 aromatic heterocycles. The third-order valence-electron chi connectivity index (χ3n) is 11.4. The molecule has 0 saturated heterocycles. The molecule has 0 bridgehead atoms. The van der Waals surface area contributed by atoms with Crippen LogP contribution in [0.1, 0.15) is 219 Å². The van der Waals surface area contributed by atoms with E-state index < -0.39 is 24.3 Å². The van der Waals surface area contributed by atoms with Gasteiger partial charge in [-0.1, -0.05) is 196 Å². The molecule has 0 aliphatic carbocycles. The lowest BCUT2D eigenvalue weighted by molar-refractivity contribution is -0.870. The third kappa shape index (κ3) is 50.4. The van der Waals surface area contributed by atoms with Crippen LogP contribution in [0.5, 0.6) is 0 Å². The minimum absolute atomic E-state index is 0.141. The minimum Gasteiger partial charge on any atom is -0.545 e. The van der Waals surface area contributed by atoms with E-state index in [1.165, 1.54) is 96.3 Å². The SMILES string of the molecule is CC/C=C\C/C=C\C/C=C\CCCCCCCC(=O)OCC(COC(OCC[N+](C)(C)C)C(=O)[O-])OC(=O)CCCCCCCCCCCCCC/C=C\C/C=C\C/C=C\CCCCCCC. The lowest BCUT2D eigenvalue weighted by Crippen LogP contribution is -2.44. The zero-order valence-corrected chi connectivity index (χ0v) is 43.8. The lowest BCUT2D eigenvalue weighted by Gasteiger charge is -2.26. The van der Waals surface area contributed by atoms with Crippen LogP contribution in [0.3, 0.4) is 0 Å². The van der Waals surface area contributed by atoms with Gasteiger partial charge in [-0.15, -0.1) is 0 Å². The number of allylic oxidation sites excluding steroid dienone is 12. The summed E-state index contributed by atoms with van der Waals surface area (Å²) in [5.41, 5.74) is 0. The quantitative estimate of drug-likeness (QED) is 0.0195. The van der Waals surface area contributed by atoms with Crippen molar-refractivity contribution in [3.8, 4) is 0 Å². The maximum atomic E-state index is 12.8. The zero-order chi connectivity index (χ0) is 49.2. The number of hydrogen-bond donors (Lipinski definition) is 0. The van der Waals surface area contributed by atoms with Crippen molar-refractivity contribution in [3.63, 3.8) is 0 Å². The van der Waals surface area contributed by atoms with Gasteiger partial charge in [-0.05, 0) is 83.5 Å². The van der Waals surface area contributed by atoms with Crippen molar-refractivity contribution in [3.05, 3.63) is 72.9 Å². The van der Waals surface area contributed by atoms with Crippen LogP contribution in [0, 0.1) is 0 Å². The van der Waals surface area contributed by atoms with Gasteiger partial charge >= 0.3 is 11.9 Å². The van der Waals surface area contributed by atoms with E-state index in [1.807, 2.05) is 21.1 Å². The van der Waals surface area contributed by atoms with Gasteiger partial charge in [0.1, 0.15) is 13.2 Å². The Morgan fingerprint density at radius 2 is 0.851 bits per heavy atom. The number of carboxylic acid groups (broad SMARTS) is 1. The highest BCUT2D eigenvalue weighted by molar-refractivity contribution is 5.70. The fraction of sp³-hybridized carbons (Fsp3) is 0.741. The number of esters is 2. The smallest absolute Gasteiger partial charge is 0.306 e. The van der Waals surface area contributed by atoms with Gasteiger partial charge in [0.2, 0.25) is 0 Å². The number of carbonyl (C=O) groups excluding carboxylic acids is 3. The predicted octanol–water partition coefficient (Wildman–Crippen LogP) is 14.1. The van der Waals surface area contributed by atoms with Crippen molar-refractivity contribution in [2.75, 3.05) is 47.5 Å². The lowest BCUT2D eigenvalue weighted by atomic mass is 10.0. The van der Waals surface area contributed by atoms with Crippen molar-refractivity contribution in [1.29, 1.82) is 0 Å². The molecule has 0 N–H and O–H groups in total. The van der Waals surface area contributed by atoms with Crippen molar-refractivity contribution < 1.29 is 42.9 Å². The van der Waals surface area contributed by atoms with Crippen molar-refractivity contribution in [2.45, 2.75) is 232 Å². The molecule has 0 fully saturated rings. The van der Waals surface area contributed by atoms with Gasteiger partial charge in [0.25, 0.3) is 0 Å². The second-order valence-corrected chi connectivity index (χ2v) is 19.1. The molecule has 9 nitrogen and oxygen atoms in total. The molecule has 0 aromatic carbocycles. The standard InChI is InChI=1S/C58H101NO8/c1-6-8-10-12-14-16-18-20-22-23-24-25-26-27-28-29-30-31-32-33-35-37-39-41-43-45-47-49-56(61)67-54(53-66-58(57(62)63)64-51-50-59(3,4)5)52-65-55(60)48-46-44-42-40-38-36-34-21-19-17-15-13-11-9-7-2/h9,11,15,17-18,20-21,23-24,26-27,34,54,58H,6-8,10,12-14,16,19,22,25,28-33,35-53H2,1-5H3/b11-9-,17-15-,20-18-,24-23-,27-26-,34-21-. The second kappa shape index (κ2) is 49.2. The van der Waals surface area contributed by atoms with Gasteiger partial charge in [-0.3, -0.25) is 9.59 Å². The summed E-state index contributed by atoms with van der Waals surface area (Å²) in [4.78, 5) is 37.2. The summed E-state index contributed by atoms with van der Waals surface area (Å²) >= 11 is 0. The van der Waals surface area contributed by atoms with Crippen LogP contribution in [-0.4, -0.2) is 82.3 Å². The molecule has 0 saturated carbocycles. The second-order valence-electron chi connectivity index (χ2n) is 19.1. The summed E-state index contributed by atoms with van der Waals surface area (Å²) < 4.78 is 22.6. The number of aliphatic carboxylic acids is 1. The van der Waals surface area contributed by atoms with Crippen molar-refractivity contribution in [2.24, 2.45) is 0 Å². The maximum absolute atomic E-state index is 12.8. The fourth-order valence-corrected chi connectivity index (χ4v) is 7.26. The highest BCUT2D eigenvalue weighted by Crippen LogP contribution is 2.15. The molecule has 2 atom stereocenters. The van der Waals surface area contributed by atoms with Gasteiger partial charge in [0.05, 0.1) is 40.3 Å². The fourth-order valence-electron chi connectivity index (χ4n) is 7.26. The third-order valence-corrected chi connectivity index (χ3v) is 11.4. The first kappa shape index (κ1) is 63.7. The Kier molecular flexibility index (Phi) is 46.8. The number of carbonyl (C=O) groups is 3. The average molecular weight is 940 g/mol. The van der Waals surface area contributed by atoms with Gasteiger partial charge in [0, 0.05) is 12.8 Å². The van der Waals surface area contributed by atoms with E-state index in [-0.39, 0.29) is 38.6 Å². The predicted molar refractivity (Wildman–Crippen MR) is 278 cm³/mol. The van der Waals surface area contributed by atoms with E-state index >= 15 is 0 Å². The number of unbranched alkanes of at least 4 members (excludes halogenated alkanes) is 22. The maximum Gasteiger partial charge on any atom is 0.306 e. The summed E-state index contributed by atoms with van der Waals surface area (Å²) in [6.07, 6.45) is 59.4. The van der Waals surface area contributed by atoms with Gasteiger partial charge < -0.3 is 33.3 Å². The first-order valence-electron chi connectivity index (χ1n) is 27.1. The van der Waals surface area contributed by atoms with E-state index in [9.17, 15) is 19.5 Å². The molecule has 9 heteroatoms. The molecule has 0 spiro atoms. The van der Waals surface area contributed by atoms with Crippen molar-refractivity contribution in [1.82, 2.24) is 0 Å². The average Bonchev–Trinajstić information content (AvgIpc) is 3.29.